The Hall–Kier alpha value is -0.120. The van der Waals surface area contributed by atoms with Crippen molar-refractivity contribution < 1.29 is 9.47 Å². The average molecular weight is 217 g/mol. The van der Waals surface area contributed by atoms with Gasteiger partial charge in [0.1, 0.15) is 0 Å². The molecular formula is C12H27NO2. The van der Waals surface area contributed by atoms with Crippen molar-refractivity contribution in [1.29, 1.82) is 0 Å². The van der Waals surface area contributed by atoms with Crippen molar-refractivity contribution in [1.82, 2.24) is 5.32 Å². The van der Waals surface area contributed by atoms with E-state index in [0.717, 1.165) is 6.54 Å². The second-order valence-corrected chi connectivity index (χ2v) is 3.64. The Morgan fingerprint density at radius 1 is 1.00 bits per heavy atom. The first-order valence-corrected chi connectivity index (χ1v) is 6.24. The molecule has 0 spiro atoms. The van der Waals surface area contributed by atoms with E-state index in [1.807, 2.05) is 13.8 Å². The highest BCUT2D eigenvalue weighted by molar-refractivity contribution is 4.65. The molecule has 0 rings (SSSR count). The van der Waals surface area contributed by atoms with E-state index in [1.165, 1.54) is 19.3 Å². The zero-order valence-corrected chi connectivity index (χ0v) is 10.7. The van der Waals surface area contributed by atoms with Gasteiger partial charge in [0.25, 0.3) is 0 Å². The third-order valence-corrected chi connectivity index (χ3v) is 2.41. The largest absolute Gasteiger partial charge is 0.352 e. The minimum Gasteiger partial charge on any atom is -0.352 e. The number of ether oxygens (including phenoxy) is 2. The van der Waals surface area contributed by atoms with Crippen molar-refractivity contribution in [2.45, 2.75) is 59.3 Å². The van der Waals surface area contributed by atoms with Gasteiger partial charge in [0.2, 0.25) is 0 Å². The van der Waals surface area contributed by atoms with Gasteiger partial charge in [-0.1, -0.05) is 20.3 Å². The normalized spacial score (nSPS) is 13.4. The highest BCUT2D eigenvalue weighted by Gasteiger charge is 2.10. The van der Waals surface area contributed by atoms with Gasteiger partial charge < -0.3 is 14.8 Å². The monoisotopic (exact) mass is 217 g/mol. The molecule has 0 bridgehead atoms. The zero-order valence-electron chi connectivity index (χ0n) is 10.7. The first-order chi connectivity index (χ1) is 7.28. The fourth-order valence-corrected chi connectivity index (χ4v) is 1.60. The third kappa shape index (κ3) is 7.77. The molecule has 0 saturated heterocycles. The summed E-state index contributed by atoms with van der Waals surface area (Å²) in [5.74, 6) is 0. The molecule has 1 atom stereocenters. The molecule has 0 aromatic rings. The summed E-state index contributed by atoms with van der Waals surface area (Å²) in [4.78, 5) is 0. The number of nitrogens with one attached hydrogen (secondary N) is 1. The lowest BCUT2D eigenvalue weighted by atomic mass is 10.1. The Morgan fingerprint density at radius 3 is 2.00 bits per heavy atom. The summed E-state index contributed by atoms with van der Waals surface area (Å²) in [7, 11) is 0. The van der Waals surface area contributed by atoms with Gasteiger partial charge in [-0.25, -0.2) is 0 Å². The van der Waals surface area contributed by atoms with Crippen LogP contribution in [0.4, 0.5) is 0 Å². The van der Waals surface area contributed by atoms with E-state index in [0.29, 0.717) is 19.3 Å². The fourth-order valence-electron chi connectivity index (χ4n) is 1.60. The van der Waals surface area contributed by atoms with Crippen molar-refractivity contribution in [3.05, 3.63) is 0 Å². The predicted molar refractivity (Wildman–Crippen MR) is 64.0 cm³/mol. The SMILES string of the molecule is CCCC(CC)NCC(OCC)OCC. The molecule has 0 heterocycles. The van der Waals surface area contributed by atoms with Crippen LogP contribution >= 0.6 is 0 Å². The molecule has 0 aromatic carbocycles. The van der Waals surface area contributed by atoms with Gasteiger partial charge in [-0.2, -0.15) is 0 Å². The van der Waals surface area contributed by atoms with Gasteiger partial charge in [-0.15, -0.1) is 0 Å². The van der Waals surface area contributed by atoms with Gasteiger partial charge in [0, 0.05) is 25.8 Å². The standard InChI is InChI=1S/C12H27NO2/c1-5-9-11(6-2)13-10-12(14-7-3)15-8-4/h11-13H,5-10H2,1-4H3. The van der Waals surface area contributed by atoms with Crippen molar-refractivity contribution in [3.63, 3.8) is 0 Å². The maximum atomic E-state index is 5.47. The van der Waals surface area contributed by atoms with Crippen LogP contribution in [0.2, 0.25) is 0 Å². The van der Waals surface area contributed by atoms with Crippen LogP contribution in [0.25, 0.3) is 0 Å². The topological polar surface area (TPSA) is 30.5 Å². The molecule has 1 unspecified atom stereocenters. The minimum absolute atomic E-state index is 0.0918. The molecule has 0 fully saturated rings. The third-order valence-electron chi connectivity index (χ3n) is 2.41. The van der Waals surface area contributed by atoms with E-state index in [2.05, 4.69) is 19.2 Å². The summed E-state index contributed by atoms with van der Waals surface area (Å²) in [6, 6.07) is 0.596. The number of hydrogen-bond acceptors (Lipinski definition) is 3. The van der Waals surface area contributed by atoms with Crippen molar-refractivity contribution in [3.8, 4) is 0 Å². The van der Waals surface area contributed by atoms with E-state index in [9.17, 15) is 0 Å². The molecule has 3 nitrogen and oxygen atoms in total. The van der Waals surface area contributed by atoms with Gasteiger partial charge >= 0.3 is 0 Å². The summed E-state index contributed by atoms with van der Waals surface area (Å²) in [5, 5.41) is 3.49. The second-order valence-electron chi connectivity index (χ2n) is 3.64. The number of hydrogen-bond donors (Lipinski definition) is 1. The van der Waals surface area contributed by atoms with E-state index in [4.69, 9.17) is 9.47 Å². The Bertz CT molecular complexity index is 125. The van der Waals surface area contributed by atoms with Crippen LogP contribution in [0.5, 0.6) is 0 Å². The fraction of sp³-hybridized carbons (Fsp3) is 1.00. The Morgan fingerprint density at radius 2 is 1.60 bits per heavy atom. The van der Waals surface area contributed by atoms with Crippen LogP contribution in [-0.4, -0.2) is 32.1 Å². The predicted octanol–water partition coefficient (Wildman–Crippen LogP) is 2.55. The summed E-state index contributed by atoms with van der Waals surface area (Å²) in [6.07, 6.45) is 3.52. The van der Waals surface area contributed by atoms with Gasteiger partial charge in [-0.05, 0) is 26.7 Å². The highest BCUT2D eigenvalue weighted by Crippen LogP contribution is 2.02. The van der Waals surface area contributed by atoms with Crippen molar-refractivity contribution in [2.24, 2.45) is 0 Å². The first-order valence-electron chi connectivity index (χ1n) is 6.24. The average Bonchev–Trinajstić information content (AvgIpc) is 2.24. The van der Waals surface area contributed by atoms with E-state index in [-0.39, 0.29) is 6.29 Å². The highest BCUT2D eigenvalue weighted by atomic mass is 16.7. The van der Waals surface area contributed by atoms with Gasteiger partial charge in [-0.3, -0.25) is 0 Å². The summed E-state index contributed by atoms with van der Waals surface area (Å²) < 4.78 is 10.9. The molecule has 0 aliphatic carbocycles. The van der Waals surface area contributed by atoms with Crippen molar-refractivity contribution >= 4 is 0 Å². The van der Waals surface area contributed by atoms with E-state index < -0.39 is 0 Å². The molecule has 0 aliphatic heterocycles. The van der Waals surface area contributed by atoms with Crippen molar-refractivity contribution in [2.75, 3.05) is 19.8 Å². The van der Waals surface area contributed by atoms with Crippen LogP contribution in [0.1, 0.15) is 47.0 Å². The Balaban J connectivity index is 3.73. The van der Waals surface area contributed by atoms with Crippen LogP contribution in [0, 0.1) is 0 Å². The lowest BCUT2D eigenvalue weighted by Crippen LogP contribution is -2.37. The molecule has 92 valence electrons. The smallest absolute Gasteiger partial charge is 0.169 e. The molecule has 0 aromatic heterocycles. The molecule has 0 aliphatic rings. The molecule has 0 amide bonds. The lowest BCUT2D eigenvalue weighted by Gasteiger charge is -2.21. The molecule has 3 heteroatoms. The van der Waals surface area contributed by atoms with Gasteiger partial charge in [0.05, 0.1) is 0 Å². The minimum atomic E-state index is -0.0918. The maximum Gasteiger partial charge on any atom is 0.169 e. The zero-order chi connectivity index (χ0) is 11.5. The van der Waals surface area contributed by atoms with Crippen LogP contribution in [0.3, 0.4) is 0 Å². The Labute approximate surface area is 94.5 Å². The molecule has 15 heavy (non-hydrogen) atoms. The molecular weight excluding hydrogens is 190 g/mol. The van der Waals surface area contributed by atoms with Crippen LogP contribution in [0.15, 0.2) is 0 Å². The Kier molecular flexibility index (Phi) is 10.3. The maximum absolute atomic E-state index is 5.47. The summed E-state index contributed by atoms with van der Waals surface area (Å²) >= 11 is 0. The summed E-state index contributed by atoms with van der Waals surface area (Å²) in [5.41, 5.74) is 0. The van der Waals surface area contributed by atoms with E-state index >= 15 is 0 Å². The second kappa shape index (κ2) is 10.4. The molecule has 1 N–H and O–H groups in total. The summed E-state index contributed by atoms with van der Waals surface area (Å²) in [6.45, 7) is 10.6. The molecule has 0 saturated carbocycles. The molecule has 0 radical (unpaired) electrons. The quantitative estimate of drug-likeness (QED) is 0.570. The van der Waals surface area contributed by atoms with E-state index in [1.54, 1.807) is 0 Å². The van der Waals surface area contributed by atoms with Crippen LogP contribution < -0.4 is 5.32 Å². The lowest BCUT2D eigenvalue weighted by molar-refractivity contribution is -0.133. The van der Waals surface area contributed by atoms with Gasteiger partial charge in [0.15, 0.2) is 6.29 Å². The first kappa shape index (κ1) is 14.9. The van der Waals surface area contributed by atoms with Crippen LogP contribution in [-0.2, 0) is 9.47 Å². The number of rotatable bonds is 10.